The summed E-state index contributed by atoms with van der Waals surface area (Å²) in [5, 5.41) is 0. The van der Waals surface area contributed by atoms with E-state index in [1.807, 2.05) is 24.3 Å². The van der Waals surface area contributed by atoms with E-state index in [2.05, 4.69) is 11.9 Å². The van der Waals surface area contributed by atoms with Gasteiger partial charge >= 0.3 is 0 Å². The molecule has 0 saturated carbocycles. The number of nitrogens with zero attached hydrogens (tertiary/aromatic N) is 1. The Morgan fingerprint density at radius 1 is 1.25 bits per heavy atom. The van der Waals surface area contributed by atoms with Gasteiger partial charge in [0.15, 0.2) is 5.78 Å². The summed E-state index contributed by atoms with van der Waals surface area (Å²) in [7, 11) is 0. The molecule has 0 aromatic heterocycles. The predicted octanol–water partition coefficient (Wildman–Crippen LogP) is 3.93. The van der Waals surface area contributed by atoms with Gasteiger partial charge in [0, 0.05) is 17.7 Å². The summed E-state index contributed by atoms with van der Waals surface area (Å²) in [5.41, 5.74) is 2.68. The number of aliphatic imine (C=N–C) groups is 1. The summed E-state index contributed by atoms with van der Waals surface area (Å²) < 4.78 is 0. The molecule has 84 valence electrons. The molecular weight excluding hydrogens is 198 g/mol. The molecule has 0 spiro atoms. The Bertz CT molecular complexity index is 420. The zero-order valence-corrected chi connectivity index (χ0v) is 9.70. The van der Waals surface area contributed by atoms with Crippen molar-refractivity contribution in [1.82, 2.24) is 0 Å². The van der Waals surface area contributed by atoms with E-state index in [9.17, 15) is 4.79 Å². The van der Waals surface area contributed by atoms with E-state index in [1.54, 1.807) is 0 Å². The Labute approximate surface area is 96.4 Å². The number of carbonyl (C=O) groups is 1. The Kier molecular flexibility index (Phi) is 3.50. The average Bonchev–Trinajstić information content (AvgIpc) is 2.30. The SMILES string of the molecule is CCCCCC1=Nc2ccccc2C(=O)C1. The molecule has 16 heavy (non-hydrogen) atoms. The summed E-state index contributed by atoms with van der Waals surface area (Å²) >= 11 is 0. The van der Waals surface area contributed by atoms with Crippen LogP contribution in [-0.4, -0.2) is 11.5 Å². The molecule has 1 aromatic carbocycles. The summed E-state index contributed by atoms with van der Waals surface area (Å²) in [6, 6.07) is 7.62. The number of rotatable bonds is 4. The molecule has 2 rings (SSSR count). The monoisotopic (exact) mass is 215 g/mol. The fraction of sp³-hybridized carbons (Fsp3) is 0.429. The van der Waals surface area contributed by atoms with Gasteiger partial charge < -0.3 is 0 Å². The van der Waals surface area contributed by atoms with Crippen molar-refractivity contribution in [2.75, 3.05) is 0 Å². The van der Waals surface area contributed by atoms with Gasteiger partial charge in [-0.1, -0.05) is 31.9 Å². The van der Waals surface area contributed by atoms with Gasteiger partial charge in [-0.3, -0.25) is 9.79 Å². The van der Waals surface area contributed by atoms with E-state index >= 15 is 0 Å². The fourth-order valence-electron chi connectivity index (χ4n) is 2.02. The zero-order chi connectivity index (χ0) is 11.4. The summed E-state index contributed by atoms with van der Waals surface area (Å²) in [5.74, 6) is 0.220. The molecule has 0 bridgehead atoms. The first kappa shape index (κ1) is 11.1. The van der Waals surface area contributed by atoms with E-state index in [0.717, 1.165) is 29.8 Å². The van der Waals surface area contributed by atoms with E-state index in [1.165, 1.54) is 12.8 Å². The van der Waals surface area contributed by atoms with Crippen LogP contribution in [0.1, 0.15) is 49.4 Å². The van der Waals surface area contributed by atoms with Crippen LogP contribution >= 0.6 is 0 Å². The van der Waals surface area contributed by atoms with Gasteiger partial charge in [-0.05, 0) is 25.0 Å². The maximum atomic E-state index is 11.8. The Balaban J connectivity index is 2.13. The number of Topliss-reactive ketones (excluding diaryl/α,β-unsaturated/α-hetero) is 1. The van der Waals surface area contributed by atoms with Crippen LogP contribution in [0.3, 0.4) is 0 Å². The van der Waals surface area contributed by atoms with Gasteiger partial charge in [-0.15, -0.1) is 0 Å². The van der Waals surface area contributed by atoms with E-state index in [-0.39, 0.29) is 5.78 Å². The molecule has 0 amide bonds. The smallest absolute Gasteiger partial charge is 0.170 e. The Hall–Kier alpha value is -1.44. The van der Waals surface area contributed by atoms with Crippen molar-refractivity contribution in [2.45, 2.75) is 39.0 Å². The largest absolute Gasteiger partial charge is 0.294 e. The first-order valence-electron chi connectivity index (χ1n) is 6.00. The van der Waals surface area contributed by atoms with Crippen LogP contribution in [0.2, 0.25) is 0 Å². The number of unbranched alkanes of at least 4 members (excludes halogenated alkanes) is 2. The predicted molar refractivity (Wildman–Crippen MR) is 66.6 cm³/mol. The molecule has 0 radical (unpaired) electrons. The summed E-state index contributed by atoms with van der Waals surface area (Å²) in [6.45, 7) is 2.18. The lowest BCUT2D eigenvalue weighted by molar-refractivity contribution is 0.0999. The number of benzene rings is 1. The van der Waals surface area contributed by atoms with E-state index in [0.29, 0.717) is 6.42 Å². The molecule has 0 N–H and O–H groups in total. The number of ketones is 1. The Morgan fingerprint density at radius 3 is 2.88 bits per heavy atom. The second-order valence-corrected chi connectivity index (χ2v) is 4.25. The normalized spacial score (nSPS) is 14.6. The van der Waals surface area contributed by atoms with Gasteiger partial charge in [-0.2, -0.15) is 0 Å². The minimum atomic E-state index is 0.220. The second-order valence-electron chi connectivity index (χ2n) is 4.25. The molecule has 2 nitrogen and oxygen atoms in total. The van der Waals surface area contributed by atoms with Crippen LogP contribution in [0.4, 0.5) is 5.69 Å². The number of hydrogen-bond donors (Lipinski definition) is 0. The number of para-hydroxylation sites is 1. The third-order valence-corrected chi connectivity index (χ3v) is 2.92. The highest BCUT2D eigenvalue weighted by atomic mass is 16.1. The minimum Gasteiger partial charge on any atom is -0.294 e. The first-order chi connectivity index (χ1) is 7.81. The van der Waals surface area contributed by atoms with Crippen molar-refractivity contribution in [3.8, 4) is 0 Å². The quantitative estimate of drug-likeness (QED) is 0.700. The molecule has 0 atom stereocenters. The van der Waals surface area contributed by atoms with Crippen LogP contribution in [0, 0.1) is 0 Å². The average molecular weight is 215 g/mol. The number of hydrogen-bond acceptors (Lipinski definition) is 2. The number of carbonyl (C=O) groups excluding carboxylic acids is 1. The van der Waals surface area contributed by atoms with Crippen molar-refractivity contribution in [3.05, 3.63) is 29.8 Å². The third-order valence-electron chi connectivity index (χ3n) is 2.92. The Morgan fingerprint density at radius 2 is 2.06 bits per heavy atom. The van der Waals surface area contributed by atoms with Crippen LogP contribution in [0.5, 0.6) is 0 Å². The standard InChI is InChI=1S/C14H17NO/c1-2-3-4-7-11-10-14(16)12-8-5-6-9-13(12)15-11/h5-6,8-9H,2-4,7,10H2,1H3. The van der Waals surface area contributed by atoms with Crippen LogP contribution in [-0.2, 0) is 0 Å². The lowest BCUT2D eigenvalue weighted by Crippen LogP contribution is -2.13. The number of fused-ring (bicyclic) bond motifs is 1. The lowest BCUT2D eigenvalue weighted by atomic mass is 9.97. The van der Waals surface area contributed by atoms with Crippen LogP contribution < -0.4 is 0 Å². The fourth-order valence-corrected chi connectivity index (χ4v) is 2.02. The van der Waals surface area contributed by atoms with Gasteiger partial charge in [0.05, 0.1) is 5.69 Å². The molecule has 2 heteroatoms. The van der Waals surface area contributed by atoms with Crippen LogP contribution in [0.25, 0.3) is 0 Å². The zero-order valence-electron chi connectivity index (χ0n) is 9.70. The van der Waals surface area contributed by atoms with Gasteiger partial charge in [-0.25, -0.2) is 0 Å². The van der Waals surface area contributed by atoms with E-state index in [4.69, 9.17) is 0 Å². The van der Waals surface area contributed by atoms with Crippen molar-refractivity contribution in [3.63, 3.8) is 0 Å². The van der Waals surface area contributed by atoms with Crippen molar-refractivity contribution in [2.24, 2.45) is 4.99 Å². The van der Waals surface area contributed by atoms with Gasteiger partial charge in [0.2, 0.25) is 0 Å². The molecule has 1 aliphatic rings. The second kappa shape index (κ2) is 5.06. The molecule has 1 heterocycles. The van der Waals surface area contributed by atoms with Crippen molar-refractivity contribution >= 4 is 17.2 Å². The van der Waals surface area contributed by atoms with E-state index < -0.39 is 0 Å². The van der Waals surface area contributed by atoms with Gasteiger partial charge in [0.1, 0.15) is 0 Å². The maximum absolute atomic E-state index is 11.8. The highest BCUT2D eigenvalue weighted by Crippen LogP contribution is 2.26. The molecule has 0 aliphatic carbocycles. The third kappa shape index (κ3) is 2.38. The van der Waals surface area contributed by atoms with Crippen molar-refractivity contribution < 1.29 is 4.79 Å². The lowest BCUT2D eigenvalue weighted by Gasteiger charge is -2.14. The summed E-state index contributed by atoms with van der Waals surface area (Å²) in [6.07, 6.45) is 5.05. The molecule has 1 aliphatic heterocycles. The van der Waals surface area contributed by atoms with Gasteiger partial charge in [0.25, 0.3) is 0 Å². The minimum absolute atomic E-state index is 0.220. The molecule has 1 aromatic rings. The highest BCUT2D eigenvalue weighted by Gasteiger charge is 2.18. The van der Waals surface area contributed by atoms with Crippen molar-refractivity contribution in [1.29, 1.82) is 0 Å². The molecule has 0 saturated heterocycles. The highest BCUT2D eigenvalue weighted by molar-refractivity contribution is 6.15. The summed E-state index contributed by atoms with van der Waals surface area (Å²) in [4.78, 5) is 16.4. The topological polar surface area (TPSA) is 29.4 Å². The molecule has 0 unspecified atom stereocenters. The first-order valence-corrected chi connectivity index (χ1v) is 6.00. The molecule has 0 fully saturated rings. The maximum Gasteiger partial charge on any atom is 0.170 e. The van der Waals surface area contributed by atoms with Crippen LogP contribution in [0.15, 0.2) is 29.3 Å². The molecular formula is C14H17NO.